The van der Waals surface area contributed by atoms with E-state index in [2.05, 4.69) is 4.74 Å². The molecule has 0 aromatic carbocycles. The lowest BCUT2D eigenvalue weighted by atomic mass is 9.99. The molecule has 1 aliphatic rings. The lowest BCUT2D eigenvalue weighted by molar-refractivity contribution is -0.159. The van der Waals surface area contributed by atoms with E-state index in [0.717, 1.165) is 0 Å². The van der Waals surface area contributed by atoms with E-state index >= 15 is 0 Å². The third kappa shape index (κ3) is 2.32. The van der Waals surface area contributed by atoms with E-state index in [0.29, 0.717) is 0 Å². The van der Waals surface area contributed by atoms with Crippen LogP contribution >= 0.6 is 0 Å². The number of esters is 1. The zero-order valence-corrected chi connectivity index (χ0v) is 8.17. The molecule has 94 valence electrons. The van der Waals surface area contributed by atoms with Crippen molar-refractivity contribution in [1.29, 1.82) is 0 Å². The van der Waals surface area contributed by atoms with Crippen LogP contribution in [0.25, 0.3) is 0 Å². The van der Waals surface area contributed by atoms with Crippen LogP contribution in [0.3, 0.4) is 0 Å². The monoisotopic (exact) mass is 238 g/mol. The van der Waals surface area contributed by atoms with Crippen LogP contribution in [0.15, 0.2) is 0 Å². The second-order valence-corrected chi connectivity index (χ2v) is 3.57. The Morgan fingerprint density at radius 1 is 1.25 bits per heavy atom. The maximum atomic E-state index is 10.8. The Labute approximate surface area is 90.3 Å². The van der Waals surface area contributed by atoms with Crippen molar-refractivity contribution < 1.29 is 40.2 Å². The zero-order chi connectivity index (χ0) is 12.5. The number of aliphatic hydroxyl groups is 6. The number of cyclic esters (lactones) is 1. The molecule has 0 aromatic rings. The SMILES string of the molecule is O=C1O[C@H]([C@@H](O)[C@@H](O)[C@@H](O)CO)[C@@H](O)[C@H]1O. The molecular weight excluding hydrogens is 224 g/mol. The first kappa shape index (κ1) is 13.3. The third-order valence-corrected chi connectivity index (χ3v) is 2.42. The molecule has 1 rings (SSSR count). The predicted octanol–water partition coefficient (Wildman–Crippen LogP) is -4.29. The second-order valence-electron chi connectivity index (χ2n) is 3.57. The van der Waals surface area contributed by atoms with E-state index in [4.69, 9.17) is 15.3 Å². The number of ether oxygens (including phenoxy) is 1. The molecule has 16 heavy (non-hydrogen) atoms. The van der Waals surface area contributed by atoms with Gasteiger partial charge in [-0.05, 0) is 0 Å². The number of aliphatic hydroxyl groups excluding tert-OH is 6. The van der Waals surface area contributed by atoms with E-state index in [1.807, 2.05) is 0 Å². The maximum Gasteiger partial charge on any atom is 0.338 e. The van der Waals surface area contributed by atoms with E-state index in [-0.39, 0.29) is 0 Å². The zero-order valence-electron chi connectivity index (χ0n) is 8.17. The fourth-order valence-corrected chi connectivity index (χ4v) is 1.39. The number of rotatable bonds is 4. The molecule has 0 unspecified atom stereocenters. The Hall–Kier alpha value is -0.770. The maximum absolute atomic E-state index is 10.8. The minimum Gasteiger partial charge on any atom is -0.455 e. The van der Waals surface area contributed by atoms with Gasteiger partial charge in [0.05, 0.1) is 6.61 Å². The van der Waals surface area contributed by atoms with Gasteiger partial charge in [0.25, 0.3) is 0 Å². The largest absolute Gasteiger partial charge is 0.455 e. The fraction of sp³-hybridized carbons (Fsp3) is 0.875. The van der Waals surface area contributed by atoms with Gasteiger partial charge in [0.1, 0.15) is 24.4 Å². The summed E-state index contributed by atoms with van der Waals surface area (Å²) in [5.41, 5.74) is 0. The van der Waals surface area contributed by atoms with E-state index in [1.165, 1.54) is 0 Å². The van der Waals surface area contributed by atoms with E-state index in [1.54, 1.807) is 0 Å². The van der Waals surface area contributed by atoms with Gasteiger partial charge in [0.15, 0.2) is 12.2 Å². The van der Waals surface area contributed by atoms with Crippen LogP contribution in [0, 0.1) is 0 Å². The van der Waals surface area contributed by atoms with Crippen molar-refractivity contribution in [3.63, 3.8) is 0 Å². The van der Waals surface area contributed by atoms with Crippen molar-refractivity contribution in [3.8, 4) is 0 Å². The summed E-state index contributed by atoms with van der Waals surface area (Å²) in [6.07, 6.45) is -10.3. The molecule has 1 heterocycles. The van der Waals surface area contributed by atoms with Gasteiger partial charge in [-0.1, -0.05) is 0 Å². The van der Waals surface area contributed by atoms with Gasteiger partial charge in [-0.15, -0.1) is 0 Å². The van der Waals surface area contributed by atoms with E-state index < -0.39 is 49.2 Å². The fourth-order valence-electron chi connectivity index (χ4n) is 1.39. The Morgan fingerprint density at radius 3 is 2.19 bits per heavy atom. The number of hydrogen-bond donors (Lipinski definition) is 6. The highest BCUT2D eigenvalue weighted by Gasteiger charge is 2.48. The van der Waals surface area contributed by atoms with Crippen LogP contribution in [-0.2, 0) is 9.53 Å². The lowest BCUT2D eigenvalue weighted by Gasteiger charge is -2.26. The molecule has 0 radical (unpaired) electrons. The molecule has 6 atom stereocenters. The number of hydrogen-bond acceptors (Lipinski definition) is 8. The van der Waals surface area contributed by atoms with Crippen LogP contribution in [0.2, 0.25) is 0 Å². The third-order valence-electron chi connectivity index (χ3n) is 2.42. The molecular formula is C8H14O8. The standard InChI is InChI=1S/C8H14O8/c9-1-2(10)3(11)4(12)7-5(13)6(14)8(15)16-7/h2-7,9-14H,1H2/t2-,3-,4-,5-,6+,7+/m0/s1. The first-order valence-corrected chi connectivity index (χ1v) is 4.61. The Balaban J connectivity index is 2.68. The second kappa shape index (κ2) is 5.04. The molecule has 6 N–H and O–H groups in total. The Bertz CT molecular complexity index is 256. The summed E-state index contributed by atoms with van der Waals surface area (Å²) in [7, 11) is 0. The summed E-state index contributed by atoms with van der Waals surface area (Å²) in [5, 5.41) is 54.6. The van der Waals surface area contributed by atoms with Crippen LogP contribution in [0.1, 0.15) is 0 Å². The van der Waals surface area contributed by atoms with Crippen molar-refractivity contribution in [2.45, 2.75) is 36.6 Å². The number of carbonyl (C=O) groups excluding carboxylic acids is 1. The van der Waals surface area contributed by atoms with Gasteiger partial charge in [0, 0.05) is 0 Å². The highest BCUT2D eigenvalue weighted by atomic mass is 16.6. The van der Waals surface area contributed by atoms with E-state index in [9.17, 15) is 20.1 Å². The molecule has 0 saturated carbocycles. The number of carbonyl (C=O) groups is 1. The first-order valence-electron chi connectivity index (χ1n) is 4.61. The van der Waals surface area contributed by atoms with Crippen molar-refractivity contribution in [2.24, 2.45) is 0 Å². The smallest absolute Gasteiger partial charge is 0.338 e. The van der Waals surface area contributed by atoms with Gasteiger partial charge in [-0.25, -0.2) is 4.79 Å². The minimum absolute atomic E-state index is 0.808. The Morgan fingerprint density at radius 2 is 1.81 bits per heavy atom. The van der Waals surface area contributed by atoms with Gasteiger partial charge in [0.2, 0.25) is 0 Å². The quantitative estimate of drug-likeness (QED) is 0.269. The minimum atomic E-state index is -1.81. The molecule has 0 bridgehead atoms. The summed E-state index contributed by atoms with van der Waals surface area (Å²) in [6, 6.07) is 0. The molecule has 1 saturated heterocycles. The van der Waals surface area contributed by atoms with Gasteiger partial charge in [-0.3, -0.25) is 0 Å². The van der Waals surface area contributed by atoms with Crippen LogP contribution < -0.4 is 0 Å². The molecule has 8 heteroatoms. The van der Waals surface area contributed by atoms with Crippen molar-refractivity contribution >= 4 is 5.97 Å². The van der Waals surface area contributed by atoms with Crippen LogP contribution in [-0.4, -0.2) is 79.8 Å². The molecule has 0 aromatic heterocycles. The Kier molecular flexibility index (Phi) is 4.19. The lowest BCUT2D eigenvalue weighted by Crippen LogP contribution is -2.50. The molecule has 8 nitrogen and oxygen atoms in total. The highest BCUT2D eigenvalue weighted by molar-refractivity contribution is 5.77. The molecule has 1 aliphatic heterocycles. The molecule has 0 spiro atoms. The van der Waals surface area contributed by atoms with Crippen molar-refractivity contribution in [3.05, 3.63) is 0 Å². The van der Waals surface area contributed by atoms with Crippen LogP contribution in [0.5, 0.6) is 0 Å². The molecule has 0 aliphatic carbocycles. The van der Waals surface area contributed by atoms with Gasteiger partial charge >= 0.3 is 5.97 Å². The summed E-state index contributed by atoms with van der Waals surface area (Å²) < 4.78 is 4.42. The van der Waals surface area contributed by atoms with Crippen LogP contribution in [0.4, 0.5) is 0 Å². The summed E-state index contributed by atoms with van der Waals surface area (Å²) in [4.78, 5) is 10.8. The van der Waals surface area contributed by atoms with Crippen molar-refractivity contribution in [2.75, 3.05) is 6.61 Å². The first-order chi connectivity index (χ1) is 7.40. The average Bonchev–Trinajstić information content (AvgIpc) is 2.54. The van der Waals surface area contributed by atoms with Gasteiger partial charge in [-0.2, -0.15) is 0 Å². The van der Waals surface area contributed by atoms with Crippen molar-refractivity contribution in [1.82, 2.24) is 0 Å². The predicted molar refractivity (Wildman–Crippen MR) is 47.0 cm³/mol. The molecule has 0 amide bonds. The highest BCUT2D eigenvalue weighted by Crippen LogP contribution is 2.21. The normalized spacial score (nSPS) is 35.6. The summed E-state index contributed by atoms with van der Waals surface area (Å²) in [6.45, 7) is -0.808. The summed E-state index contributed by atoms with van der Waals surface area (Å²) >= 11 is 0. The van der Waals surface area contributed by atoms with Gasteiger partial charge < -0.3 is 35.4 Å². The molecule has 1 fully saturated rings. The average molecular weight is 238 g/mol. The summed E-state index contributed by atoms with van der Waals surface area (Å²) in [5.74, 6) is -1.12. The topological polar surface area (TPSA) is 148 Å².